The fourth-order valence-corrected chi connectivity index (χ4v) is 4.77. The largest absolute Gasteiger partial charge is 0.379 e. The van der Waals surface area contributed by atoms with Crippen molar-refractivity contribution in [1.82, 2.24) is 19.1 Å². The SMILES string of the molecule is Cc1nnc(SCc2cccc(S(=O)(=O)N3CCOCC3)c2)n1C. The summed E-state index contributed by atoms with van der Waals surface area (Å²) in [6.07, 6.45) is 0. The predicted octanol–water partition coefficient (Wildman–Crippen LogP) is 1.44. The van der Waals surface area contributed by atoms with Gasteiger partial charge in [-0.3, -0.25) is 0 Å². The molecule has 1 aromatic heterocycles. The third kappa shape index (κ3) is 3.64. The monoisotopic (exact) mass is 368 g/mol. The van der Waals surface area contributed by atoms with Crippen molar-refractivity contribution in [3.05, 3.63) is 35.7 Å². The van der Waals surface area contributed by atoms with Crippen molar-refractivity contribution >= 4 is 21.8 Å². The molecule has 1 aliphatic rings. The summed E-state index contributed by atoms with van der Waals surface area (Å²) < 4.78 is 34.0. The molecule has 1 aromatic carbocycles. The minimum absolute atomic E-state index is 0.330. The van der Waals surface area contributed by atoms with E-state index in [1.165, 1.54) is 16.1 Å². The zero-order valence-electron chi connectivity index (χ0n) is 13.7. The van der Waals surface area contributed by atoms with E-state index >= 15 is 0 Å². The second-order valence-electron chi connectivity index (χ2n) is 5.54. The zero-order valence-corrected chi connectivity index (χ0v) is 15.3. The highest BCUT2D eigenvalue weighted by molar-refractivity contribution is 7.98. The lowest BCUT2D eigenvalue weighted by atomic mass is 10.2. The molecule has 0 aliphatic carbocycles. The Morgan fingerprint density at radius 2 is 2.00 bits per heavy atom. The molecule has 0 N–H and O–H groups in total. The minimum Gasteiger partial charge on any atom is -0.379 e. The van der Waals surface area contributed by atoms with Crippen LogP contribution in [0.5, 0.6) is 0 Å². The lowest BCUT2D eigenvalue weighted by molar-refractivity contribution is 0.0730. The molecule has 0 saturated carbocycles. The van der Waals surface area contributed by atoms with Crippen LogP contribution in [0.4, 0.5) is 0 Å². The van der Waals surface area contributed by atoms with Gasteiger partial charge in [-0.1, -0.05) is 23.9 Å². The summed E-state index contributed by atoms with van der Waals surface area (Å²) >= 11 is 1.54. The number of morpholine rings is 1. The summed E-state index contributed by atoms with van der Waals surface area (Å²) in [7, 11) is -1.55. The topological polar surface area (TPSA) is 77.3 Å². The summed E-state index contributed by atoms with van der Waals surface area (Å²) in [5, 5.41) is 8.95. The molecule has 2 aromatic rings. The standard InChI is InChI=1S/C15H20N4O3S2/c1-12-16-17-15(18(12)2)23-11-13-4-3-5-14(10-13)24(20,21)19-6-8-22-9-7-19/h3-5,10H,6-9,11H2,1-2H3. The highest BCUT2D eigenvalue weighted by Gasteiger charge is 2.26. The fourth-order valence-electron chi connectivity index (χ4n) is 2.39. The average molecular weight is 368 g/mol. The summed E-state index contributed by atoms with van der Waals surface area (Å²) in [5.41, 5.74) is 0.940. The molecule has 24 heavy (non-hydrogen) atoms. The molecule has 1 saturated heterocycles. The lowest BCUT2D eigenvalue weighted by Gasteiger charge is -2.26. The molecule has 0 unspecified atom stereocenters. The highest BCUT2D eigenvalue weighted by Crippen LogP contribution is 2.24. The molecule has 1 fully saturated rings. The van der Waals surface area contributed by atoms with Crippen LogP contribution in [-0.4, -0.2) is 53.8 Å². The van der Waals surface area contributed by atoms with Crippen LogP contribution < -0.4 is 0 Å². The number of ether oxygens (including phenoxy) is 1. The summed E-state index contributed by atoms with van der Waals surface area (Å²) in [4.78, 5) is 0.330. The Kier molecular flexibility index (Phi) is 5.24. The van der Waals surface area contributed by atoms with Gasteiger partial charge in [-0.15, -0.1) is 10.2 Å². The van der Waals surface area contributed by atoms with Gasteiger partial charge in [0.1, 0.15) is 5.82 Å². The molecule has 9 heteroatoms. The first-order valence-electron chi connectivity index (χ1n) is 7.64. The highest BCUT2D eigenvalue weighted by atomic mass is 32.2. The Labute approximate surface area is 146 Å². The van der Waals surface area contributed by atoms with Gasteiger partial charge < -0.3 is 9.30 Å². The van der Waals surface area contributed by atoms with Crippen molar-refractivity contribution in [2.75, 3.05) is 26.3 Å². The van der Waals surface area contributed by atoms with Crippen LogP contribution >= 0.6 is 11.8 Å². The number of hydrogen-bond acceptors (Lipinski definition) is 6. The number of aromatic nitrogens is 3. The van der Waals surface area contributed by atoms with Gasteiger partial charge in [0, 0.05) is 25.9 Å². The van der Waals surface area contributed by atoms with Crippen molar-refractivity contribution in [2.24, 2.45) is 7.05 Å². The zero-order chi connectivity index (χ0) is 17.2. The number of nitrogens with zero attached hydrogens (tertiary/aromatic N) is 4. The number of aryl methyl sites for hydroxylation is 1. The maximum atomic E-state index is 12.7. The molecule has 1 aliphatic heterocycles. The molecule has 3 rings (SSSR count). The van der Waals surface area contributed by atoms with Crippen molar-refractivity contribution in [1.29, 1.82) is 0 Å². The fraction of sp³-hybridized carbons (Fsp3) is 0.467. The third-order valence-electron chi connectivity index (χ3n) is 3.93. The van der Waals surface area contributed by atoms with Gasteiger partial charge in [-0.25, -0.2) is 8.42 Å². The lowest BCUT2D eigenvalue weighted by Crippen LogP contribution is -2.40. The average Bonchev–Trinajstić information content (AvgIpc) is 2.93. The van der Waals surface area contributed by atoms with Crippen LogP contribution in [0.2, 0.25) is 0 Å². The molecular weight excluding hydrogens is 348 g/mol. The smallest absolute Gasteiger partial charge is 0.243 e. The van der Waals surface area contributed by atoms with E-state index in [0.717, 1.165) is 16.5 Å². The number of hydrogen-bond donors (Lipinski definition) is 0. The van der Waals surface area contributed by atoms with Crippen molar-refractivity contribution in [3.63, 3.8) is 0 Å². The van der Waals surface area contributed by atoms with Crippen LogP contribution in [0.25, 0.3) is 0 Å². The second kappa shape index (κ2) is 7.22. The quantitative estimate of drug-likeness (QED) is 0.743. The summed E-state index contributed by atoms with van der Waals surface area (Å²) in [6.45, 7) is 3.59. The maximum Gasteiger partial charge on any atom is 0.243 e. The Hall–Kier alpha value is -1.42. The summed E-state index contributed by atoms with van der Waals surface area (Å²) in [5.74, 6) is 1.49. The Balaban J connectivity index is 1.75. The molecule has 0 spiro atoms. The molecule has 7 nitrogen and oxygen atoms in total. The van der Waals surface area contributed by atoms with Gasteiger partial charge in [0.05, 0.1) is 18.1 Å². The Bertz CT molecular complexity index is 814. The molecule has 0 amide bonds. The van der Waals surface area contributed by atoms with E-state index in [4.69, 9.17) is 4.74 Å². The number of thioether (sulfide) groups is 1. The minimum atomic E-state index is -3.46. The van der Waals surface area contributed by atoms with E-state index < -0.39 is 10.0 Å². The van der Waals surface area contributed by atoms with Crippen LogP contribution in [-0.2, 0) is 27.6 Å². The van der Waals surface area contributed by atoms with Gasteiger partial charge >= 0.3 is 0 Å². The van der Waals surface area contributed by atoms with Gasteiger partial charge in [0.15, 0.2) is 5.16 Å². The molecule has 130 valence electrons. The molecular formula is C15H20N4O3S2. The Morgan fingerprint density at radius 3 is 2.67 bits per heavy atom. The van der Waals surface area contributed by atoms with E-state index in [2.05, 4.69) is 10.2 Å². The first kappa shape index (κ1) is 17.4. The van der Waals surface area contributed by atoms with Crippen molar-refractivity contribution in [2.45, 2.75) is 22.7 Å². The van der Waals surface area contributed by atoms with Crippen LogP contribution in [0.1, 0.15) is 11.4 Å². The van der Waals surface area contributed by atoms with E-state index in [1.807, 2.05) is 24.6 Å². The van der Waals surface area contributed by atoms with Crippen molar-refractivity contribution < 1.29 is 13.2 Å². The van der Waals surface area contributed by atoms with Gasteiger partial charge in [-0.2, -0.15) is 4.31 Å². The van der Waals surface area contributed by atoms with E-state index in [1.54, 1.807) is 18.2 Å². The summed E-state index contributed by atoms with van der Waals surface area (Å²) in [6, 6.07) is 7.09. The van der Waals surface area contributed by atoms with Crippen LogP contribution in [0, 0.1) is 6.92 Å². The molecule has 0 atom stereocenters. The first-order chi connectivity index (χ1) is 11.5. The normalized spacial score (nSPS) is 16.4. The molecule has 0 radical (unpaired) electrons. The van der Waals surface area contributed by atoms with Gasteiger partial charge in [-0.05, 0) is 24.6 Å². The van der Waals surface area contributed by atoms with E-state index in [-0.39, 0.29) is 0 Å². The van der Waals surface area contributed by atoms with Crippen LogP contribution in [0.3, 0.4) is 0 Å². The Morgan fingerprint density at radius 1 is 1.25 bits per heavy atom. The van der Waals surface area contributed by atoms with Gasteiger partial charge in [0.2, 0.25) is 10.0 Å². The third-order valence-corrected chi connectivity index (χ3v) is 6.91. The molecule has 2 heterocycles. The van der Waals surface area contributed by atoms with E-state index in [0.29, 0.717) is 37.0 Å². The predicted molar refractivity (Wildman–Crippen MR) is 91.3 cm³/mol. The number of rotatable bonds is 5. The van der Waals surface area contributed by atoms with Gasteiger partial charge in [0.25, 0.3) is 0 Å². The van der Waals surface area contributed by atoms with Crippen molar-refractivity contribution in [3.8, 4) is 0 Å². The first-order valence-corrected chi connectivity index (χ1v) is 10.1. The molecule has 0 bridgehead atoms. The van der Waals surface area contributed by atoms with E-state index in [9.17, 15) is 8.42 Å². The van der Waals surface area contributed by atoms with Crippen LogP contribution in [0.15, 0.2) is 34.3 Å². The maximum absolute atomic E-state index is 12.7. The second-order valence-corrected chi connectivity index (χ2v) is 8.42. The number of benzene rings is 1. The number of sulfonamides is 1.